The van der Waals surface area contributed by atoms with Crippen molar-refractivity contribution in [1.82, 2.24) is 5.32 Å². The maximum absolute atomic E-state index is 12.5. The average Bonchev–Trinajstić information content (AvgIpc) is 2.20. The number of benzene rings is 1. The highest BCUT2D eigenvalue weighted by molar-refractivity contribution is 9.10. The summed E-state index contributed by atoms with van der Waals surface area (Å²) >= 11 is 3.27. The van der Waals surface area contributed by atoms with Crippen LogP contribution < -0.4 is 5.32 Å². The summed E-state index contributed by atoms with van der Waals surface area (Å²) in [5, 5.41) is 2.99. The molecule has 1 aromatic carbocycles. The molecule has 0 aromatic heterocycles. The van der Waals surface area contributed by atoms with E-state index in [0.29, 0.717) is 10.0 Å². The van der Waals surface area contributed by atoms with Crippen molar-refractivity contribution in [2.45, 2.75) is 25.6 Å². The lowest BCUT2D eigenvalue weighted by Crippen LogP contribution is -2.17. The fraction of sp³-hybridized carbons (Fsp3) is 0.455. The smallest absolute Gasteiger partial charge is 0.313 e. The van der Waals surface area contributed by atoms with Crippen LogP contribution in [-0.4, -0.2) is 7.05 Å². The third-order valence-electron chi connectivity index (χ3n) is 2.46. The number of nitrogens with one attached hydrogen (secondary N) is 1. The summed E-state index contributed by atoms with van der Waals surface area (Å²) in [5.74, 6) is 0. The molecule has 0 aliphatic heterocycles. The second kappa shape index (κ2) is 5.19. The van der Waals surface area contributed by atoms with Crippen molar-refractivity contribution in [3.63, 3.8) is 0 Å². The van der Waals surface area contributed by atoms with E-state index in [2.05, 4.69) is 21.2 Å². The zero-order chi connectivity index (χ0) is 12.3. The van der Waals surface area contributed by atoms with Crippen LogP contribution in [0.1, 0.15) is 30.5 Å². The molecule has 1 atom stereocenters. The molecule has 16 heavy (non-hydrogen) atoms. The van der Waals surface area contributed by atoms with Crippen LogP contribution in [0.25, 0.3) is 0 Å². The third-order valence-corrected chi connectivity index (χ3v) is 3.18. The van der Waals surface area contributed by atoms with Gasteiger partial charge in [0.15, 0.2) is 0 Å². The van der Waals surface area contributed by atoms with Crippen molar-refractivity contribution in [2.24, 2.45) is 0 Å². The predicted octanol–water partition coefficient (Wildman–Crippen LogP) is 4.14. The standard InChI is InChI=1S/C11H13BrF3N/c1-3-10(16-2)8-6-7(11(13,14)15)4-5-9(8)12/h4-6,10,16H,3H2,1-2H3. The van der Waals surface area contributed by atoms with E-state index in [0.717, 1.165) is 12.5 Å². The molecule has 0 heterocycles. The molecule has 1 unspecified atom stereocenters. The van der Waals surface area contributed by atoms with Gasteiger partial charge in [-0.2, -0.15) is 13.2 Å². The molecule has 0 radical (unpaired) electrons. The first kappa shape index (κ1) is 13.5. The molecule has 0 aliphatic rings. The molecule has 1 nitrogen and oxygen atoms in total. The van der Waals surface area contributed by atoms with Gasteiger partial charge in [-0.1, -0.05) is 22.9 Å². The fourth-order valence-electron chi connectivity index (χ4n) is 1.57. The summed E-state index contributed by atoms with van der Waals surface area (Å²) in [6, 6.07) is 3.64. The van der Waals surface area contributed by atoms with E-state index < -0.39 is 11.7 Å². The van der Waals surface area contributed by atoms with Crippen molar-refractivity contribution < 1.29 is 13.2 Å². The molecule has 0 bridgehead atoms. The minimum atomic E-state index is -4.29. The SMILES string of the molecule is CCC(NC)c1cc(C(F)(F)F)ccc1Br. The van der Waals surface area contributed by atoms with Crippen LogP contribution in [0, 0.1) is 0 Å². The molecule has 0 fully saturated rings. The molecular formula is C11H13BrF3N. The number of halogens is 4. The normalized spacial score (nSPS) is 13.9. The van der Waals surface area contributed by atoms with E-state index in [1.165, 1.54) is 12.1 Å². The molecule has 1 aromatic rings. The summed E-state index contributed by atoms with van der Waals surface area (Å²) in [6.07, 6.45) is -3.56. The Morgan fingerprint density at radius 2 is 2.00 bits per heavy atom. The highest BCUT2D eigenvalue weighted by Crippen LogP contribution is 2.34. The van der Waals surface area contributed by atoms with Crippen molar-refractivity contribution >= 4 is 15.9 Å². The zero-order valence-electron chi connectivity index (χ0n) is 9.03. The minimum Gasteiger partial charge on any atom is -0.313 e. The van der Waals surface area contributed by atoms with Gasteiger partial charge in [-0.05, 0) is 37.2 Å². The highest BCUT2D eigenvalue weighted by Gasteiger charge is 2.31. The predicted molar refractivity (Wildman–Crippen MR) is 61.2 cm³/mol. The molecule has 0 amide bonds. The first-order valence-electron chi connectivity index (χ1n) is 4.94. The Morgan fingerprint density at radius 3 is 2.44 bits per heavy atom. The van der Waals surface area contributed by atoms with E-state index in [9.17, 15) is 13.2 Å². The Labute approximate surface area is 101 Å². The van der Waals surface area contributed by atoms with Gasteiger partial charge < -0.3 is 5.32 Å². The average molecular weight is 296 g/mol. The summed E-state index contributed by atoms with van der Waals surface area (Å²) < 4.78 is 38.3. The molecule has 5 heteroatoms. The maximum atomic E-state index is 12.5. The number of hydrogen-bond acceptors (Lipinski definition) is 1. The summed E-state index contributed by atoms with van der Waals surface area (Å²) in [5.41, 5.74) is 0.0271. The van der Waals surface area contributed by atoms with Gasteiger partial charge >= 0.3 is 6.18 Å². The first-order valence-corrected chi connectivity index (χ1v) is 5.73. The van der Waals surface area contributed by atoms with E-state index >= 15 is 0 Å². The number of hydrogen-bond donors (Lipinski definition) is 1. The Kier molecular flexibility index (Phi) is 4.38. The lowest BCUT2D eigenvalue weighted by atomic mass is 10.0. The van der Waals surface area contributed by atoms with Gasteiger partial charge in [-0.3, -0.25) is 0 Å². The molecular weight excluding hydrogens is 283 g/mol. The molecule has 0 saturated carbocycles. The quantitative estimate of drug-likeness (QED) is 0.884. The molecule has 90 valence electrons. The molecule has 1 N–H and O–H groups in total. The van der Waals surface area contributed by atoms with Gasteiger partial charge in [-0.25, -0.2) is 0 Å². The van der Waals surface area contributed by atoms with Crippen molar-refractivity contribution in [1.29, 1.82) is 0 Å². The minimum absolute atomic E-state index is 0.0725. The van der Waals surface area contributed by atoms with Crippen LogP contribution >= 0.6 is 15.9 Å². The first-order chi connectivity index (χ1) is 7.40. The fourth-order valence-corrected chi connectivity index (χ4v) is 2.09. The Morgan fingerprint density at radius 1 is 1.38 bits per heavy atom. The number of rotatable bonds is 3. The topological polar surface area (TPSA) is 12.0 Å². The van der Waals surface area contributed by atoms with Crippen LogP contribution in [-0.2, 0) is 6.18 Å². The Hall–Kier alpha value is -0.550. The molecule has 0 saturated heterocycles. The van der Waals surface area contributed by atoms with Gasteiger partial charge in [0.2, 0.25) is 0 Å². The van der Waals surface area contributed by atoms with Crippen LogP contribution in [0.2, 0.25) is 0 Å². The summed E-state index contributed by atoms with van der Waals surface area (Å²) in [6.45, 7) is 1.92. The second-order valence-corrected chi connectivity index (χ2v) is 4.34. The monoisotopic (exact) mass is 295 g/mol. The van der Waals surface area contributed by atoms with Crippen molar-refractivity contribution in [2.75, 3.05) is 7.05 Å². The van der Waals surface area contributed by atoms with Crippen molar-refractivity contribution in [3.8, 4) is 0 Å². The van der Waals surface area contributed by atoms with Crippen molar-refractivity contribution in [3.05, 3.63) is 33.8 Å². The van der Waals surface area contributed by atoms with E-state index in [-0.39, 0.29) is 6.04 Å². The van der Waals surface area contributed by atoms with Gasteiger partial charge in [0.25, 0.3) is 0 Å². The van der Waals surface area contributed by atoms with Gasteiger partial charge in [0, 0.05) is 10.5 Å². The largest absolute Gasteiger partial charge is 0.416 e. The molecule has 1 rings (SSSR count). The third kappa shape index (κ3) is 2.98. The van der Waals surface area contributed by atoms with Gasteiger partial charge in [-0.15, -0.1) is 0 Å². The zero-order valence-corrected chi connectivity index (χ0v) is 10.6. The van der Waals surface area contributed by atoms with E-state index in [1.807, 2.05) is 6.92 Å². The van der Waals surface area contributed by atoms with Crippen LogP contribution in [0.5, 0.6) is 0 Å². The van der Waals surface area contributed by atoms with E-state index in [4.69, 9.17) is 0 Å². The molecule has 0 spiro atoms. The number of alkyl halides is 3. The summed E-state index contributed by atoms with van der Waals surface area (Å²) in [7, 11) is 1.74. The maximum Gasteiger partial charge on any atom is 0.416 e. The van der Waals surface area contributed by atoms with Gasteiger partial charge in [0.1, 0.15) is 0 Å². The Balaban J connectivity index is 3.18. The van der Waals surface area contributed by atoms with Crippen LogP contribution in [0.15, 0.2) is 22.7 Å². The molecule has 0 aliphatic carbocycles. The Bertz CT molecular complexity index is 359. The van der Waals surface area contributed by atoms with Crippen LogP contribution in [0.3, 0.4) is 0 Å². The van der Waals surface area contributed by atoms with Gasteiger partial charge in [0.05, 0.1) is 5.56 Å². The summed E-state index contributed by atoms with van der Waals surface area (Å²) in [4.78, 5) is 0. The lowest BCUT2D eigenvalue weighted by Gasteiger charge is -2.18. The van der Waals surface area contributed by atoms with E-state index in [1.54, 1.807) is 7.05 Å². The van der Waals surface area contributed by atoms with Crippen LogP contribution in [0.4, 0.5) is 13.2 Å². The highest BCUT2D eigenvalue weighted by atomic mass is 79.9. The second-order valence-electron chi connectivity index (χ2n) is 3.48. The lowest BCUT2D eigenvalue weighted by molar-refractivity contribution is -0.137.